The zero-order valence-corrected chi connectivity index (χ0v) is 12.5. The minimum atomic E-state index is 0.225. The van der Waals surface area contributed by atoms with Gasteiger partial charge in [0.2, 0.25) is 0 Å². The molecule has 1 unspecified atom stereocenters. The van der Waals surface area contributed by atoms with Crippen molar-refractivity contribution >= 4 is 15.9 Å². The molecule has 96 valence electrons. The lowest BCUT2D eigenvalue weighted by Gasteiger charge is -2.23. The van der Waals surface area contributed by atoms with E-state index in [1.54, 1.807) is 0 Å². The number of hydrogen-bond donors (Lipinski definition) is 1. The fourth-order valence-corrected chi connectivity index (χ4v) is 1.79. The molecule has 0 amide bonds. The van der Waals surface area contributed by atoms with Crippen molar-refractivity contribution in [2.75, 3.05) is 13.1 Å². The summed E-state index contributed by atoms with van der Waals surface area (Å²) in [6, 6.07) is 8.01. The van der Waals surface area contributed by atoms with Crippen LogP contribution in [0.3, 0.4) is 0 Å². The van der Waals surface area contributed by atoms with Gasteiger partial charge in [0.25, 0.3) is 0 Å². The van der Waals surface area contributed by atoms with Crippen molar-refractivity contribution in [3.05, 3.63) is 28.7 Å². The van der Waals surface area contributed by atoms with Crippen molar-refractivity contribution < 1.29 is 4.74 Å². The number of hydrogen-bond acceptors (Lipinski definition) is 2. The molecular weight excluding hydrogens is 278 g/mol. The summed E-state index contributed by atoms with van der Waals surface area (Å²) in [5, 5.41) is 3.41. The Hall–Kier alpha value is -0.540. The van der Waals surface area contributed by atoms with Crippen LogP contribution in [0.4, 0.5) is 0 Å². The Labute approximate surface area is 113 Å². The van der Waals surface area contributed by atoms with Crippen molar-refractivity contribution in [2.45, 2.75) is 33.3 Å². The van der Waals surface area contributed by atoms with E-state index >= 15 is 0 Å². The lowest BCUT2D eigenvalue weighted by Crippen LogP contribution is -2.35. The second kappa shape index (κ2) is 7.72. The van der Waals surface area contributed by atoms with Crippen LogP contribution >= 0.6 is 15.9 Å². The molecule has 0 saturated carbocycles. The molecule has 2 nitrogen and oxygen atoms in total. The third kappa shape index (κ3) is 5.55. The van der Waals surface area contributed by atoms with Crippen LogP contribution < -0.4 is 10.1 Å². The first-order valence-electron chi connectivity index (χ1n) is 6.26. The molecular formula is C14H22BrNO. The SMILES string of the molecule is CCCNCC(Oc1ccc(Br)cc1)C(C)C. The summed E-state index contributed by atoms with van der Waals surface area (Å²) in [7, 11) is 0. The van der Waals surface area contributed by atoms with Gasteiger partial charge in [0.1, 0.15) is 11.9 Å². The fraction of sp³-hybridized carbons (Fsp3) is 0.571. The number of benzene rings is 1. The second-order valence-electron chi connectivity index (χ2n) is 4.56. The van der Waals surface area contributed by atoms with Crippen molar-refractivity contribution in [3.8, 4) is 5.75 Å². The van der Waals surface area contributed by atoms with Gasteiger partial charge < -0.3 is 10.1 Å². The first-order chi connectivity index (χ1) is 8.13. The average Bonchev–Trinajstić information content (AvgIpc) is 2.30. The quantitative estimate of drug-likeness (QED) is 0.772. The van der Waals surface area contributed by atoms with Crippen molar-refractivity contribution in [1.29, 1.82) is 0 Å². The molecule has 1 N–H and O–H groups in total. The van der Waals surface area contributed by atoms with E-state index in [1.165, 1.54) is 0 Å². The lowest BCUT2D eigenvalue weighted by molar-refractivity contribution is 0.149. The maximum atomic E-state index is 5.99. The maximum absolute atomic E-state index is 5.99. The Morgan fingerprint density at radius 3 is 2.41 bits per heavy atom. The Balaban J connectivity index is 2.51. The van der Waals surface area contributed by atoms with Crippen LogP contribution in [-0.2, 0) is 0 Å². The molecule has 3 heteroatoms. The Kier molecular flexibility index (Phi) is 6.60. The molecule has 0 aromatic heterocycles. The molecule has 1 aromatic rings. The predicted octanol–water partition coefficient (Wildman–Crippen LogP) is 3.85. The zero-order chi connectivity index (χ0) is 12.7. The van der Waals surface area contributed by atoms with Crippen LogP contribution in [-0.4, -0.2) is 19.2 Å². The van der Waals surface area contributed by atoms with Crippen molar-refractivity contribution in [3.63, 3.8) is 0 Å². The summed E-state index contributed by atoms with van der Waals surface area (Å²) >= 11 is 3.42. The number of halogens is 1. The third-order valence-corrected chi connectivity index (χ3v) is 3.15. The molecule has 1 atom stereocenters. The molecule has 0 aliphatic heterocycles. The highest BCUT2D eigenvalue weighted by Crippen LogP contribution is 2.19. The van der Waals surface area contributed by atoms with E-state index in [2.05, 4.69) is 42.0 Å². The minimum absolute atomic E-state index is 0.225. The van der Waals surface area contributed by atoms with Gasteiger partial charge in [-0.1, -0.05) is 36.7 Å². The molecule has 0 aliphatic carbocycles. The van der Waals surface area contributed by atoms with Crippen LogP contribution in [0.15, 0.2) is 28.7 Å². The average molecular weight is 300 g/mol. The van der Waals surface area contributed by atoms with Gasteiger partial charge in [-0.3, -0.25) is 0 Å². The van der Waals surface area contributed by atoms with E-state index < -0.39 is 0 Å². The highest BCUT2D eigenvalue weighted by Gasteiger charge is 2.14. The van der Waals surface area contributed by atoms with Gasteiger partial charge in [0.15, 0.2) is 0 Å². The lowest BCUT2D eigenvalue weighted by atomic mass is 10.1. The standard InChI is InChI=1S/C14H22BrNO/c1-4-9-16-10-14(11(2)3)17-13-7-5-12(15)6-8-13/h5-8,11,14,16H,4,9-10H2,1-3H3. The topological polar surface area (TPSA) is 21.3 Å². The van der Waals surface area contributed by atoms with E-state index in [1.807, 2.05) is 24.3 Å². The monoisotopic (exact) mass is 299 g/mol. The van der Waals surface area contributed by atoms with Crippen molar-refractivity contribution in [2.24, 2.45) is 5.92 Å². The highest BCUT2D eigenvalue weighted by atomic mass is 79.9. The number of rotatable bonds is 7. The Morgan fingerprint density at radius 2 is 1.88 bits per heavy atom. The summed E-state index contributed by atoms with van der Waals surface area (Å²) in [6.45, 7) is 8.51. The third-order valence-electron chi connectivity index (χ3n) is 2.62. The van der Waals surface area contributed by atoms with E-state index in [-0.39, 0.29) is 6.10 Å². The molecule has 0 radical (unpaired) electrons. The first kappa shape index (κ1) is 14.5. The van der Waals surface area contributed by atoms with Gasteiger partial charge in [-0.05, 0) is 43.1 Å². The molecule has 0 heterocycles. The van der Waals surface area contributed by atoms with E-state index in [0.29, 0.717) is 5.92 Å². The largest absolute Gasteiger partial charge is 0.489 e. The van der Waals surface area contributed by atoms with Gasteiger partial charge in [-0.15, -0.1) is 0 Å². The van der Waals surface area contributed by atoms with Gasteiger partial charge in [0.05, 0.1) is 0 Å². The summed E-state index contributed by atoms with van der Waals surface area (Å²) in [4.78, 5) is 0. The minimum Gasteiger partial charge on any atom is -0.489 e. The molecule has 17 heavy (non-hydrogen) atoms. The summed E-state index contributed by atoms with van der Waals surface area (Å²) in [6.07, 6.45) is 1.38. The second-order valence-corrected chi connectivity index (χ2v) is 5.47. The Morgan fingerprint density at radius 1 is 1.24 bits per heavy atom. The van der Waals surface area contributed by atoms with Gasteiger partial charge in [-0.2, -0.15) is 0 Å². The fourth-order valence-electron chi connectivity index (χ4n) is 1.52. The smallest absolute Gasteiger partial charge is 0.119 e. The molecule has 0 fully saturated rings. The molecule has 0 spiro atoms. The molecule has 0 aliphatic rings. The van der Waals surface area contributed by atoms with Crippen LogP contribution in [0, 0.1) is 5.92 Å². The van der Waals surface area contributed by atoms with Crippen LogP contribution in [0.2, 0.25) is 0 Å². The van der Waals surface area contributed by atoms with E-state index in [4.69, 9.17) is 4.74 Å². The summed E-state index contributed by atoms with van der Waals surface area (Å²) in [5.41, 5.74) is 0. The van der Waals surface area contributed by atoms with Gasteiger partial charge >= 0.3 is 0 Å². The van der Waals surface area contributed by atoms with Crippen LogP contribution in [0.5, 0.6) is 5.75 Å². The summed E-state index contributed by atoms with van der Waals surface area (Å²) in [5.74, 6) is 1.44. The zero-order valence-electron chi connectivity index (χ0n) is 10.9. The van der Waals surface area contributed by atoms with Gasteiger partial charge in [-0.25, -0.2) is 0 Å². The van der Waals surface area contributed by atoms with E-state index in [0.717, 1.165) is 29.7 Å². The van der Waals surface area contributed by atoms with Crippen molar-refractivity contribution in [1.82, 2.24) is 5.32 Å². The van der Waals surface area contributed by atoms with Gasteiger partial charge in [0, 0.05) is 11.0 Å². The highest BCUT2D eigenvalue weighted by molar-refractivity contribution is 9.10. The number of nitrogens with one attached hydrogen (secondary N) is 1. The predicted molar refractivity (Wildman–Crippen MR) is 76.6 cm³/mol. The Bertz CT molecular complexity index is 311. The molecule has 0 bridgehead atoms. The number of ether oxygens (including phenoxy) is 1. The maximum Gasteiger partial charge on any atom is 0.119 e. The van der Waals surface area contributed by atoms with Crippen LogP contribution in [0.1, 0.15) is 27.2 Å². The normalized spacial score (nSPS) is 12.8. The summed E-state index contributed by atoms with van der Waals surface area (Å²) < 4.78 is 7.07. The first-order valence-corrected chi connectivity index (χ1v) is 7.05. The molecule has 1 rings (SSSR count). The van der Waals surface area contributed by atoms with Crippen LogP contribution in [0.25, 0.3) is 0 Å². The molecule has 1 aromatic carbocycles. The molecule has 0 saturated heterocycles. The van der Waals surface area contributed by atoms with E-state index in [9.17, 15) is 0 Å².